The van der Waals surface area contributed by atoms with Gasteiger partial charge in [-0.25, -0.2) is 4.79 Å². The summed E-state index contributed by atoms with van der Waals surface area (Å²) in [7, 11) is 0. The van der Waals surface area contributed by atoms with Gasteiger partial charge >= 0.3 is 5.97 Å². The maximum absolute atomic E-state index is 12.3. The molecule has 9 N–H and O–H groups in total. The molecule has 0 fully saturated rings. The van der Waals surface area contributed by atoms with Crippen molar-refractivity contribution in [3.63, 3.8) is 0 Å². The van der Waals surface area contributed by atoms with Gasteiger partial charge in [-0.1, -0.05) is 12.1 Å². The van der Waals surface area contributed by atoms with Crippen molar-refractivity contribution in [3.05, 3.63) is 29.8 Å². The Labute approximate surface area is 172 Å². The van der Waals surface area contributed by atoms with Crippen LogP contribution in [0.25, 0.3) is 0 Å². The lowest BCUT2D eigenvalue weighted by Crippen LogP contribution is -2.57. The van der Waals surface area contributed by atoms with Crippen LogP contribution in [0.1, 0.15) is 12.5 Å². The lowest BCUT2D eigenvalue weighted by Gasteiger charge is -2.23. The Morgan fingerprint density at radius 1 is 1.07 bits per heavy atom. The second-order valence-electron chi connectivity index (χ2n) is 6.56. The van der Waals surface area contributed by atoms with E-state index >= 15 is 0 Å². The molecule has 0 saturated heterocycles. The summed E-state index contributed by atoms with van der Waals surface area (Å²) in [5.41, 5.74) is 6.49. The molecule has 1 aromatic rings. The molecule has 30 heavy (non-hydrogen) atoms. The van der Waals surface area contributed by atoms with Gasteiger partial charge in [-0.2, -0.15) is 0 Å². The highest BCUT2D eigenvalue weighted by molar-refractivity contribution is 5.93. The van der Waals surface area contributed by atoms with Crippen molar-refractivity contribution in [1.82, 2.24) is 16.0 Å². The second kappa shape index (κ2) is 11.7. The Kier molecular flexibility index (Phi) is 9.68. The van der Waals surface area contributed by atoms with Gasteiger partial charge in [0.1, 0.15) is 17.8 Å². The molecule has 0 aliphatic rings. The van der Waals surface area contributed by atoms with Crippen LogP contribution >= 0.6 is 0 Å². The molecule has 4 atom stereocenters. The van der Waals surface area contributed by atoms with Gasteiger partial charge in [0.15, 0.2) is 0 Å². The molecule has 0 aliphatic carbocycles. The Hall–Kier alpha value is -3.22. The number of aliphatic hydroxyl groups excluding tert-OH is 2. The normalized spacial score (nSPS) is 14.7. The number of phenolic OH excluding ortho intramolecular Hbond substituents is 1. The Morgan fingerprint density at radius 3 is 2.17 bits per heavy atom. The third-order valence-electron chi connectivity index (χ3n) is 4.03. The van der Waals surface area contributed by atoms with Crippen molar-refractivity contribution in [3.8, 4) is 5.75 Å². The highest BCUT2D eigenvalue weighted by Crippen LogP contribution is 2.11. The number of aliphatic hydroxyl groups is 2. The average Bonchev–Trinajstić information content (AvgIpc) is 2.69. The van der Waals surface area contributed by atoms with Crippen LogP contribution in [0.15, 0.2) is 24.3 Å². The molecule has 12 heteroatoms. The van der Waals surface area contributed by atoms with Gasteiger partial charge in [0.25, 0.3) is 0 Å². The minimum absolute atomic E-state index is 0.0558. The van der Waals surface area contributed by atoms with E-state index in [-0.39, 0.29) is 12.2 Å². The first-order valence-corrected chi connectivity index (χ1v) is 8.97. The molecule has 0 aliphatic heterocycles. The number of aromatic hydroxyl groups is 1. The second-order valence-corrected chi connectivity index (χ2v) is 6.56. The van der Waals surface area contributed by atoms with Crippen LogP contribution in [0, 0.1) is 0 Å². The largest absolute Gasteiger partial charge is 0.508 e. The molecule has 1 aromatic carbocycles. The van der Waals surface area contributed by atoms with Gasteiger partial charge in [-0.3, -0.25) is 14.4 Å². The topological polar surface area (TPSA) is 211 Å². The van der Waals surface area contributed by atoms with E-state index in [2.05, 4.69) is 10.6 Å². The van der Waals surface area contributed by atoms with Crippen LogP contribution in [-0.4, -0.2) is 81.5 Å². The van der Waals surface area contributed by atoms with E-state index in [1.54, 1.807) is 12.1 Å². The molecule has 4 unspecified atom stereocenters. The maximum atomic E-state index is 12.3. The molecule has 0 bridgehead atoms. The SMILES string of the molecule is CC(O)C(NC(=O)C(N)Cc1ccc(O)cc1)C(=O)NCC(=O)NC(CO)C(=O)O. The number of benzene rings is 1. The molecule has 0 aromatic heterocycles. The summed E-state index contributed by atoms with van der Waals surface area (Å²) >= 11 is 0. The van der Waals surface area contributed by atoms with E-state index in [0.29, 0.717) is 5.56 Å². The molecule has 12 nitrogen and oxygen atoms in total. The number of carbonyl (C=O) groups is 4. The smallest absolute Gasteiger partial charge is 0.328 e. The van der Waals surface area contributed by atoms with E-state index in [9.17, 15) is 29.4 Å². The van der Waals surface area contributed by atoms with Crippen molar-refractivity contribution in [2.24, 2.45) is 5.73 Å². The van der Waals surface area contributed by atoms with Gasteiger partial charge in [0.05, 0.1) is 25.3 Å². The fraction of sp³-hybridized carbons (Fsp3) is 0.444. The number of phenols is 1. The predicted molar refractivity (Wildman–Crippen MR) is 103 cm³/mol. The molecule has 1 rings (SSSR count). The molecule has 0 saturated carbocycles. The highest BCUT2D eigenvalue weighted by atomic mass is 16.4. The number of carbonyl (C=O) groups excluding carboxylic acids is 3. The summed E-state index contributed by atoms with van der Waals surface area (Å²) in [5, 5.41) is 43.2. The number of hydrogen-bond acceptors (Lipinski definition) is 8. The number of nitrogens with two attached hydrogens (primary N) is 1. The number of aliphatic carboxylic acids is 1. The molecular weight excluding hydrogens is 400 g/mol. The van der Waals surface area contributed by atoms with Crippen LogP contribution < -0.4 is 21.7 Å². The first kappa shape index (κ1) is 24.8. The number of amides is 3. The highest BCUT2D eigenvalue weighted by Gasteiger charge is 2.28. The summed E-state index contributed by atoms with van der Waals surface area (Å²) in [5.74, 6) is -3.89. The van der Waals surface area contributed by atoms with Crippen molar-refractivity contribution in [2.45, 2.75) is 37.6 Å². The minimum Gasteiger partial charge on any atom is -0.508 e. The van der Waals surface area contributed by atoms with E-state index in [1.807, 2.05) is 5.32 Å². The lowest BCUT2D eigenvalue weighted by atomic mass is 10.0. The molecule has 166 valence electrons. The van der Waals surface area contributed by atoms with Crippen molar-refractivity contribution < 1.29 is 39.6 Å². The Balaban J connectivity index is 2.62. The lowest BCUT2D eigenvalue weighted by molar-refractivity contribution is -0.142. The quantitative estimate of drug-likeness (QED) is 0.179. The Bertz CT molecular complexity index is 753. The summed E-state index contributed by atoms with van der Waals surface area (Å²) in [6.07, 6.45) is -1.21. The minimum atomic E-state index is -1.53. The number of nitrogens with one attached hydrogen (secondary N) is 3. The van der Waals surface area contributed by atoms with Gasteiger partial charge in [-0.15, -0.1) is 0 Å². The van der Waals surface area contributed by atoms with Crippen LogP contribution in [0.4, 0.5) is 0 Å². The monoisotopic (exact) mass is 426 g/mol. The molecule has 0 spiro atoms. The summed E-state index contributed by atoms with van der Waals surface area (Å²) < 4.78 is 0. The zero-order valence-electron chi connectivity index (χ0n) is 16.2. The third-order valence-corrected chi connectivity index (χ3v) is 4.03. The maximum Gasteiger partial charge on any atom is 0.328 e. The fourth-order valence-electron chi connectivity index (χ4n) is 2.35. The van der Waals surface area contributed by atoms with E-state index in [4.69, 9.17) is 15.9 Å². The molecule has 3 amide bonds. The van der Waals surface area contributed by atoms with Crippen molar-refractivity contribution in [1.29, 1.82) is 0 Å². The van der Waals surface area contributed by atoms with E-state index in [0.717, 1.165) is 0 Å². The molecule has 0 radical (unpaired) electrons. The van der Waals surface area contributed by atoms with Gasteiger partial charge in [0.2, 0.25) is 17.7 Å². The van der Waals surface area contributed by atoms with Crippen molar-refractivity contribution >= 4 is 23.7 Å². The third kappa shape index (κ3) is 8.03. The van der Waals surface area contributed by atoms with Crippen LogP contribution in [0.3, 0.4) is 0 Å². The Morgan fingerprint density at radius 2 is 1.67 bits per heavy atom. The van der Waals surface area contributed by atoms with Crippen LogP contribution in [-0.2, 0) is 25.6 Å². The van der Waals surface area contributed by atoms with Crippen LogP contribution in [0.2, 0.25) is 0 Å². The zero-order chi connectivity index (χ0) is 22.8. The van der Waals surface area contributed by atoms with E-state index < -0.39 is 61.1 Å². The number of hydrogen-bond donors (Lipinski definition) is 8. The number of rotatable bonds is 11. The fourth-order valence-corrected chi connectivity index (χ4v) is 2.35. The summed E-state index contributed by atoms with van der Waals surface area (Å²) in [4.78, 5) is 47.0. The standard InChI is InChI=1S/C18H26N4O8/c1-9(24)15(17(28)20-7-14(26)21-13(8-23)18(29)30)22-16(27)12(19)6-10-2-4-11(25)5-3-10/h2-5,9,12-13,15,23-25H,6-8,19H2,1H3,(H,20,28)(H,21,26)(H,22,27)(H,29,30). The van der Waals surface area contributed by atoms with Gasteiger partial charge in [0, 0.05) is 0 Å². The summed E-state index contributed by atoms with van der Waals surface area (Å²) in [6.45, 7) is -0.218. The van der Waals surface area contributed by atoms with Crippen molar-refractivity contribution in [2.75, 3.05) is 13.2 Å². The molecule has 0 heterocycles. The molecular formula is C18H26N4O8. The van der Waals surface area contributed by atoms with E-state index in [1.165, 1.54) is 19.1 Å². The average molecular weight is 426 g/mol. The van der Waals surface area contributed by atoms with Gasteiger partial charge in [-0.05, 0) is 31.0 Å². The number of carboxylic acids is 1. The number of carboxylic acid groups (broad SMARTS) is 1. The van der Waals surface area contributed by atoms with Crippen LogP contribution in [0.5, 0.6) is 5.75 Å². The summed E-state index contributed by atoms with van der Waals surface area (Å²) in [6, 6.07) is 2.04. The zero-order valence-corrected chi connectivity index (χ0v) is 16.2. The first-order valence-electron chi connectivity index (χ1n) is 8.97. The van der Waals surface area contributed by atoms with Gasteiger partial charge < -0.3 is 42.1 Å². The predicted octanol–water partition coefficient (Wildman–Crippen LogP) is -3.19. The first-order chi connectivity index (χ1) is 14.0.